The van der Waals surface area contributed by atoms with Crippen LogP contribution in [0.4, 0.5) is 0 Å². The number of benzene rings is 3. The van der Waals surface area contributed by atoms with Gasteiger partial charge in [-0.2, -0.15) is 0 Å². The number of aliphatic hydroxyl groups is 1. The second kappa shape index (κ2) is 13.8. The quantitative estimate of drug-likeness (QED) is 0.241. The Morgan fingerprint density at radius 1 is 1.02 bits per heavy atom. The molecule has 3 aromatic carbocycles. The van der Waals surface area contributed by atoms with Crippen LogP contribution in [0.1, 0.15) is 49.0 Å². The molecule has 3 N–H and O–H groups in total. The fourth-order valence-electron chi connectivity index (χ4n) is 5.49. The Hall–Kier alpha value is -4.34. The van der Waals surface area contributed by atoms with Crippen LogP contribution >= 0.6 is 11.3 Å². The number of carbonyl (C=O) groups excluding carboxylic acids is 3. The van der Waals surface area contributed by atoms with Gasteiger partial charge in [-0.25, -0.2) is 4.98 Å². The first-order valence-electron chi connectivity index (χ1n) is 14.4. The van der Waals surface area contributed by atoms with Gasteiger partial charge in [-0.15, -0.1) is 11.3 Å². The summed E-state index contributed by atoms with van der Waals surface area (Å²) in [5.74, 6) is -0.983. The highest BCUT2D eigenvalue weighted by Crippen LogP contribution is 2.24. The summed E-state index contributed by atoms with van der Waals surface area (Å²) in [4.78, 5) is 45.5. The van der Waals surface area contributed by atoms with Crippen LogP contribution in [0, 0.1) is 12.8 Å². The molecular formula is C34H36N4O4S. The Labute approximate surface area is 255 Å². The molecule has 222 valence electrons. The number of nitrogens with one attached hydrogen (secondary N) is 2. The summed E-state index contributed by atoms with van der Waals surface area (Å²) in [5, 5.41) is 20.3. The molecule has 1 fully saturated rings. The first-order valence-corrected chi connectivity index (χ1v) is 15.3. The second-order valence-corrected chi connectivity index (χ2v) is 12.1. The average molecular weight is 597 g/mol. The summed E-state index contributed by atoms with van der Waals surface area (Å²) in [7, 11) is 1.71. The lowest BCUT2D eigenvalue weighted by Gasteiger charge is -2.29. The average Bonchev–Trinajstić information content (AvgIpc) is 3.61. The van der Waals surface area contributed by atoms with Crippen molar-refractivity contribution < 1.29 is 19.5 Å². The van der Waals surface area contributed by atoms with Gasteiger partial charge in [0.2, 0.25) is 5.91 Å². The summed E-state index contributed by atoms with van der Waals surface area (Å²) in [5.41, 5.74) is 3.62. The number of thiazole rings is 1. The van der Waals surface area contributed by atoms with E-state index in [9.17, 15) is 19.5 Å². The molecule has 0 bridgehead atoms. The number of aliphatic hydroxyl groups excluding tert-OH is 1. The van der Waals surface area contributed by atoms with Crippen molar-refractivity contribution in [2.45, 2.75) is 50.9 Å². The van der Waals surface area contributed by atoms with E-state index < -0.39 is 24.1 Å². The topological polar surface area (TPSA) is 112 Å². The van der Waals surface area contributed by atoms with Crippen molar-refractivity contribution in [1.29, 1.82) is 0 Å². The molecule has 3 amide bonds. The number of hydrogen-bond acceptors (Lipinski definition) is 6. The Morgan fingerprint density at radius 2 is 1.70 bits per heavy atom. The zero-order valence-corrected chi connectivity index (χ0v) is 25.1. The Bertz CT molecular complexity index is 1560. The molecule has 43 heavy (non-hydrogen) atoms. The number of nitrogens with zero attached hydrogens (tertiary/aromatic N) is 2. The summed E-state index contributed by atoms with van der Waals surface area (Å²) in [6, 6.07) is 24.8. The molecule has 1 aromatic heterocycles. The van der Waals surface area contributed by atoms with Gasteiger partial charge in [-0.3, -0.25) is 14.4 Å². The van der Waals surface area contributed by atoms with E-state index in [0.29, 0.717) is 36.9 Å². The Morgan fingerprint density at radius 3 is 2.37 bits per heavy atom. The minimum atomic E-state index is -1.02. The lowest BCUT2D eigenvalue weighted by atomic mass is 9.90. The van der Waals surface area contributed by atoms with E-state index in [1.54, 1.807) is 36.2 Å². The molecule has 0 saturated carbocycles. The molecule has 4 atom stereocenters. The smallest absolute Gasteiger partial charge is 0.253 e. The standard InChI is InChI=1S/C34H36N4O4S/c1-22-21-43-30(35-22)20-38(2)34(42)26-15-9-14-25(18-26)32(40)36-28(17-24-12-7-4-8-13-24)31(39)29-19-27(33(41)37-29)16-23-10-5-3-6-11-23/h3-15,18,21,27-29,31,39H,16-17,19-20H2,1-2H3,(H,36,40)(H,37,41)/t27-,28+,29?,31+/m1/s1. The van der Waals surface area contributed by atoms with E-state index in [1.165, 1.54) is 11.3 Å². The molecule has 8 nitrogen and oxygen atoms in total. The van der Waals surface area contributed by atoms with E-state index >= 15 is 0 Å². The molecule has 1 saturated heterocycles. The monoisotopic (exact) mass is 596 g/mol. The van der Waals surface area contributed by atoms with Crippen LogP contribution < -0.4 is 10.6 Å². The Balaban J connectivity index is 1.29. The van der Waals surface area contributed by atoms with Crippen molar-refractivity contribution >= 4 is 29.1 Å². The molecule has 1 aliphatic heterocycles. The van der Waals surface area contributed by atoms with E-state index in [0.717, 1.165) is 21.8 Å². The SMILES string of the molecule is Cc1csc(CN(C)C(=O)c2cccc(C(=O)N[C@@H](Cc3ccccc3)[C@H](O)C3C[C@@H](Cc4ccccc4)C(=O)N3)c2)n1. The first kappa shape index (κ1) is 30.1. The van der Waals surface area contributed by atoms with Crippen molar-refractivity contribution in [2.24, 2.45) is 5.92 Å². The van der Waals surface area contributed by atoms with Gasteiger partial charge >= 0.3 is 0 Å². The van der Waals surface area contributed by atoms with Gasteiger partial charge in [0.1, 0.15) is 5.01 Å². The van der Waals surface area contributed by atoms with Crippen LogP contribution in [-0.2, 0) is 24.2 Å². The van der Waals surface area contributed by atoms with Crippen molar-refractivity contribution in [2.75, 3.05) is 7.05 Å². The van der Waals surface area contributed by atoms with E-state index in [1.807, 2.05) is 73.0 Å². The lowest BCUT2D eigenvalue weighted by molar-refractivity contribution is -0.122. The molecule has 0 radical (unpaired) electrons. The predicted octanol–water partition coefficient (Wildman–Crippen LogP) is 4.17. The molecule has 1 unspecified atom stereocenters. The lowest BCUT2D eigenvalue weighted by Crippen LogP contribution is -2.52. The summed E-state index contributed by atoms with van der Waals surface area (Å²) in [6.45, 7) is 2.28. The summed E-state index contributed by atoms with van der Waals surface area (Å²) in [6.07, 6.45) is 0.401. The number of rotatable bonds is 11. The van der Waals surface area contributed by atoms with Crippen LogP contribution in [0.2, 0.25) is 0 Å². The maximum absolute atomic E-state index is 13.5. The molecule has 4 aromatic rings. The van der Waals surface area contributed by atoms with Gasteiger partial charge in [0.15, 0.2) is 0 Å². The van der Waals surface area contributed by atoms with Crippen LogP contribution in [0.3, 0.4) is 0 Å². The molecular weight excluding hydrogens is 560 g/mol. The molecule has 1 aliphatic rings. The number of hydrogen-bond donors (Lipinski definition) is 3. The largest absolute Gasteiger partial charge is 0.389 e. The highest BCUT2D eigenvalue weighted by molar-refractivity contribution is 7.09. The van der Waals surface area contributed by atoms with Crippen LogP contribution in [0.25, 0.3) is 0 Å². The number of aryl methyl sites for hydroxylation is 1. The Kier molecular flexibility index (Phi) is 9.64. The van der Waals surface area contributed by atoms with Crippen LogP contribution in [0.15, 0.2) is 90.3 Å². The summed E-state index contributed by atoms with van der Waals surface area (Å²) < 4.78 is 0. The maximum Gasteiger partial charge on any atom is 0.253 e. The van der Waals surface area contributed by atoms with Gasteiger partial charge in [-0.1, -0.05) is 66.7 Å². The van der Waals surface area contributed by atoms with Gasteiger partial charge in [0.05, 0.1) is 24.7 Å². The van der Waals surface area contributed by atoms with Gasteiger partial charge in [0, 0.05) is 35.2 Å². The van der Waals surface area contributed by atoms with Gasteiger partial charge < -0.3 is 20.6 Å². The van der Waals surface area contributed by atoms with Crippen LogP contribution in [0.5, 0.6) is 0 Å². The molecule has 0 spiro atoms. The fraction of sp³-hybridized carbons (Fsp3) is 0.294. The molecule has 9 heteroatoms. The maximum atomic E-state index is 13.5. The highest BCUT2D eigenvalue weighted by Gasteiger charge is 2.39. The third-order valence-corrected chi connectivity index (χ3v) is 8.71. The minimum Gasteiger partial charge on any atom is -0.389 e. The second-order valence-electron chi connectivity index (χ2n) is 11.1. The van der Waals surface area contributed by atoms with Gasteiger partial charge in [-0.05, 0) is 55.5 Å². The number of amides is 3. The zero-order chi connectivity index (χ0) is 30.3. The van der Waals surface area contributed by atoms with Crippen molar-refractivity contribution in [3.63, 3.8) is 0 Å². The van der Waals surface area contributed by atoms with E-state index in [-0.39, 0.29) is 17.7 Å². The van der Waals surface area contributed by atoms with Gasteiger partial charge in [0.25, 0.3) is 11.8 Å². The molecule has 0 aliphatic carbocycles. The third kappa shape index (κ3) is 7.74. The van der Waals surface area contributed by atoms with Crippen molar-refractivity contribution in [3.8, 4) is 0 Å². The minimum absolute atomic E-state index is 0.0964. The molecule has 5 rings (SSSR count). The van der Waals surface area contributed by atoms with Crippen molar-refractivity contribution in [3.05, 3.63) is 123 Å². The highest BCUT2D eigenvalue weighted by atomic mass is 32.1. The summed E-state index contributed by atoms with van der Waals surface area (Å²) >= 11 is 1.50. The molecule has 2 heterocycles. The fourth-order valence-corrected chi connectivity index (χ4v) is 6.32. The number of carbonyl (C=O) groups is 3. The predicted molar refractivity (Wildman–Crippen MR) is 167 cm³/mol. The van der Waals surface area contributed by atoms with Crippen molar-refractivity contribution in [1.82, 2.24) is 20.5 Å². The number of aromatic nitrogens is 1. The first-order chi connectivity index (χ1) is 20.8. The van der Waals surface area contributed by atoms with E-state index in [2.05, 4.69) is 15.6 Å². The zero-order valence-electron chi connectivity index (χ0n) is 24.3. The van der Waals surface area contributed by atoms with Crippen LogP contribution in [-0.4, -0.2) is 57.9 Å². The third-order valence-electron chi connectivity index (χ3n) is 7.76. The normalized spacial score (nSPS) is 17.6. The van der Waals surface area contributed by atoms with E-state index in [4.69, 9.17) is 0 Å².